The maximum atomic E-state index is 13.4. The van der Waals surface area contributed by atoms with Gasteiger partial charge in [-0.25, -0.2) is 4.39 Å². The van der Waals surface area contributed by atoms with Crippen molar-refractivity contribution < 1.29 is 14.2 Å². The van der Waals surface area contributed by atoms with Gasteiger partial charge in [-0.3, -0.25) is 10.3 Å². The van der Waals surface area contributed by atoms with E-state index in [9.17, 15) is 9.50 Å². The number of para-hydroxylation sites is 1. The van der Waals surface area contributed by atoms with Crippen LogP contribution in [0.2, 0.25) is 0 Å². The van der Waals surface area contributed by atoms with E-state index in [4.69, 9.17) is 9.73 Å². The number of ether oxygens (including phenoxy) is 1. The normalized spacial score (nSPS) is 19.1. The van der Waals surface area contributed by atoms with Crippen molar-refractivity contribution in [1.29, 1.82) is 0 Å². The molecule has 4 nitrogen and oxygen atoms in total. The molecule has 1 aliphatic rings. The fourth-order valence-electron chi connectivity index (χ4n) is 3.46. The number of aromatic hydroxyl groups is 1. The Balaban J connectivity index is 1.73. The summed E-state index contributed by atoms with van der Waals surface area (Å²) in [6, 6.07) is 21.3. The Morgan fingerprint density at radius 1 is 1.00 bits per heavy atom. The summed E-state index contributed by atoms with van der Waals surface area (Å²) in [5.74, 6) is 0.746. The van der Waals surface area contributed by atoms with Crippen LogP contribution in [0.25, 0.3) is 0 Å². The van der Waals surface area contributed by atoms with Gasteiger partial charge in [-0.2, -0.15) is 0 Å². The third-order valence-electron chi connectivity index (χ3n) is 4.96. The quantitative estimate of drug-likeness (QED) is 0.690. The lowest BCUT2D eigenvalue weighted by Crippen LogP contribution is -2.33. The van der Waals surface area contributed by atoms with E-state index in [0.717, 1.165) is 28.2 Å². The number of benzene rings is 3. The highest BCUT2D eigenvalue weighted by Crippen LogP contribution is 2.34. The van der Waals surface area contributed by atoms with E-state index < -0.39 is 0 Å². The minimum atomic E-state index is -0.337. The van der Waals surface area contributed by atoms with Crippen LogP contribution in [0, 0.1) is 5.82 Å². The zero-order chi connectivity index (χ0) is 19.5. The van der Waals surface area contributed by atoms with Gasteiger partial charge in [0, 0.05) is 23.7 Å². The van der Waals surface area contributed by atoms with Crippen molar-refractivity contribution in [1.82, 2.24) is 5.32 Å². The van der Waals surface area contributed by atoms with Gasteiger partial charge in [0.15, 0.2) is 0 Å². The molecule has 1 aliphatic heterocycles. The van der Waals surface area contributed by atoms with Crippen molar-refractivity contribution in [2.45, 2.75) is 18.6 Å². The molecule has 0 unspecified atom stereocenters. The fraction of sp³-hybridized carbons (Fsp3) is 0.174. The molecule has 3 aromatic carbocycles. The van der Waals surface area contributed by atoms with E-state index in [-0.39, 0.29) is 23.8 Å². The smallest absolute Gasteiger partial charge is 0.126 e. The molecule has 0 aromatic heterocycles. The standard InChI is InChI=1S/C23H21FN2O2/c1-28-18-12-8-15(9-13-18)20-14-21(19-4-2-3-5-22(19)27)26-23(25-20)16-6-10-17(24)11-7-16/h2-13,21,23,26-27H,14H2,1H3/t21-,23+/m1/s1. The van der Waals surface area contributed by atoms with Crippen molar-refractivity contribution in [2.75, 3.05) is 7.11 Å². The molecule has 4 rings (SSSR count). The summed E-state index contributed by atoms with van der Waals surface area (Å²) in [5.41, 5.74) is 3.60. The van der Waals surface area contributed by atoms with Crippen molar-refractivity contribution >= 4 is 5.71 Å². The number of aliphatic imine (C=N–C) groups is 1. The molecule has 3 aromatic rings. The Morgan fingerprint density at radius 3 is 2.39 bits per heavy atom. The summed E-state index contributed by atoms with van der Waals surface area (Å²) < 4.78 is 18.6. The summed E-state index contributed by atoms with van der Waals surface area (Å²) in [4.78, 5) is 4.87. The molecule has 0 spiro atoms. The molecule has 1 heterocycles. The molecule has 142 valence electrons. The molecule has 0 aliphatic carbocycles. The van der Waals surface area contributed by atoms with Crippen LogP contribution < -0.4 is 10.1 Å². The maximum absolute atomic E-state index is 13.4. The van der Waals surface area contributed by atoms with E-state index in [0.29, 0.717) is 6.42 Å². The molecule has 0 fully saturated rings. The molecule has 0 bridgehead atoms. The van der Waals surface area contributed by atoms with Gasteiger partial charge in [-0.15, -0.1) is 0 Å². The Labute approximate surface area is 163 Å². The van der Waals surface area contributed by atoms with Gasteiger partial charge >= 0.3 is 0 Å². The minimum Gasteiger partial charge on any atom is -0.508 e. The fourth-order valence-corrected chi connectivity index (χ4v) is 3.46. The van der Waals surface area contributed by atoms with Gasteiger partial charge in [-0.05, 0) is 53.6 Å². The number of methoxy groups -OCH3 is 1. The van der Waals surface area contributed by atoms with Crippen LogP contribution in [-0.4, -0.2) is 17.9 Å². The number of hydrogen-bond donors (Lipinski definition) is 2. The summed E-state index contributed by atoms with van der Waals surface area (Å²) in [5, 5.41) is 13.8. The van der Waals surface area contributed by atoms with E-state index >= 15 is 0 Å². The van der Waals surface area contributed by atoms with Gasteiger partial charge < -0.3 is 9.84 Å². The average molecular weight is 376 g/mol. The van der Waals surface area contributed by atoms with Crippen molar-refractivity contribution in [3.05, 3.63) is 95.3 Å². The minimum absolute atomic E-state index is 0.120. The summed E-state index contributed by atoms with van der Waals surface area (Å²) in [6.45, 7) is 0. The molecule has 28 heavy (non-hydrogen) atoms. The molecule has 0 radical (unpaired) electrons. The predicted octanol–water partition coefficient (Wildman–Crippen LogP) is 4.76. The van der Waals surface area contributed by atoms with Crippen molar-refractivity contribution in [3.63, 3.8) is 0 Å². The van der Waals surface area contributed by atoms with Crippen LogP contribution in [0.3, 0.4) is 0 Å². The summed E-state index contributed by atoms with van der Waals surface area (Å²) in [6.07, 6.45) is 0.290. The number of hydrogen-bond acceptors (Lipinski definition) is 4. The zero-order valence-corrected chi connectivity index (χ0v) is 15.5. The monoisotopic (exact) mass is 376 g/mol. The lowest BCUT2D eigenvalue weighted by atomic mass is 9.93. The van der Waals surface area contributed by atoms with Gasteiger partial charge in [-0.1, -0.05) is 30.3 Å². The molecule has 0 saturated carbocycles. The van der Waals surface area contributed by atoms with Crippen LogP contribution in [0.15, 0.2) is 77.8 Å². The molecule has 0 amide bonds. The summed E-state index contributed by atoms with van der Waals surface area (Å²) >= 11 is 0. The molecular formula is C23H21FN2O2. The first kappa shape index (κ1) is 18.2. The first-order chi connectivity index (χ1) is 13.6. The maximum Gasteiger partial charge on any atom is 0.126 e. The third-order valence-corrected chi connectivity index (χ3v) is 4.96. The highest BCUT2D eigenvalue weighted by molar-refractivity contribution is 6.01. The van der Waals surface area contributed by atoms with Crippen molar-refractivity contribution in [2.24, 2.45) is 4.99 Å². The lowest BCUT2D eigenvalue weighted by Gasteiger charge is -2.31. The van der Waals surface area contributed by atoms with Crippen LogP contribution in [0.5, 0.6) is 11.5 Å². The molecular weight excluding hydrogens is 355 g/mol. The second kappa shape index (κ2) is 7.82. The van der Waals surface area contributed by atoms with Crippen LogP contribution in [0.1, 0.15) is 35.3 Å². The SMILES string of the molecule is COc1ccc(C2=N[C@H](c3ccc(F)cc3)N[C@@H](c3ccccc3O)C2)cc1. The Bertz CT molecular complexity index is 984. The third kappa shape index (κ3) is 3.75. The van der Waals surface area contributed by atoms with Gasteiger partial charge in [0.05, 0.1) is 7.11 Å². The number of phenolic OH excluding ortho intramolecular Hbond substituents is 1. The van der Waals surface area contributed by atoms with E-state index in [1.807, 2.05) is 36.4 Å². The average Bonchev–Trinajstić information content (AvgIpc) is 2.74. The lowest BCUT2D eigenvalue weighted by molar-refractivity contribution is 0.412. The predicted molar refractivity (Wildman–Crippen MR) is 107 cm³/mol. The molecule has 5 heteroatoms. The van der Waals surface area contributed by atoms with Crippen molar-refractivity contribution in [3.8, 4) is 11.5 Å². The summed E-state index contributed by atoms with van der Waals surface area (Å²) in [7, 11) is 1.63. The largest absolute Gasteiger partial charge is 0.508 e. The van der Waals surface area contributed by atoms with Gasteiger partial charge in [0.2, 0.25) is 0 Å². The zero-order valence-electron chi connectivity index (χ0n) is 15.5. The van der Waals surface area contributed by atoms with Crippen LogP contribution in [-0.2, 0) is 0 Å². The Morgan fingerprint density at radius 2 is 1.71 bits per heavy atom. The Hall–Kier alpha value is -3.18. The van der Waals surface area contributed by atoms with E-state index in [2.05, 4.69) is 5.32 Å². The number of nitrogens with zero attached hydrogens (tertiary/aromatic N) is 1. The van der Waals surface area contributed by atoms with Crippen LogP contribution in [0.4, 0.5) is 4.39 Å². The Kier molecular flexibility index (Phi) is 5.08. The highest BCUT2D eigenvalue weighted by Gasteiger charge is 2.27. The first-order valence-electron chi connectivity index (χ1n) is 9.14. The highest BCUT2D eigenvalue weighted by atomic mass is 19.1. The number of phenols is 1. The van der Waals surface area contributed by atoms with E-state index in [1.54, 1.807) is 31.4 Å². The number of rotatable bonds is 4. The van der Waals surface area contributed by atoms with Gasteiger partial charge in [0.1, 0.15) is 23.5 Å². The first-order valence-corrected chi connectivity index (χ1v) is 9.14. The van der Waals surface area contributed by atoms with Crippen LogP contribution >= 0.6 is 0 Å². The molecule has 0 saturated heterocycles. The van der Waals surface area contributed by atoms with E-state index in [1.165, 1.54) is 12.1 Å². The number of nitrogens with one attached hydrogen (secondary N) is 1. The van der Waals surface area contributed by atoms with Gasteiger partial charge in [0.25, 0.3) is 0 Å². The topological polar surface area (TPSA) is 53.8 Å². The molecule has 2 N–H and O–H groups in total. The second-order valence-corrected chi connectivity index (χ2v) is 6.74. The number of halogens is 1. The second-order valence-electron chi connectivity index (χ2n) is 6.74. The molecule has 2 atom stereocenters.